The van der Waals surface area contributed by atoms with Crippen LogP contribution in [0.5, 0.6) is 0 Å². The summed E-state index contributed by atoms with van der Waals surface area (Å²) < 4.78 is 0. The van der Waals surface area contributed by atoms with Gasteiger partial charge in [0.05, 0.1) is 23.8 Å². The van der Waals surface area contributed by atoms with Crippen molar-refractivity contribution in [3.8, 4) is 0 Å². The highest BCUT2D eigenvalue weighted by atomic mass is 35.5. The Kier molecular flexibility index (Phi) is 4.12. The number of pyridine rings is 1. The number of benzene rings is 1. The van der Waals surface area contributed by atoms with Gasteiger partial charge in [-0.3, -0.25) is 9.78 Å². The molecular weight excluding hydrogens is 324 g/mol. The minimum Gasteiger partial charge on any atom is -0.368 e. The maximum Gasteiger partial charge on any atom is 0.258 e. The van der Waals surface area contributed by atoms with Crippen molar-refractivity contribution in [2.45, 2.75) is 6.42 Å². The highest BCUT2D eigenvalue weighted by Crippen LogP contribution is 2.28. The molecule has 4 rings (SSSR count). The van der Waals surface area contributed by atoms with E-state index in [-0.39, 0.29) is 5.91 Å². The van der Waals surface area contributed by atoms with E-state index in [1.807, 2.05) is 23.2 Å². The lowest BCUT2D eigenvalue weighted by atomic mass is 9.99. The summed E-state index contributed by atoms with van der Waals surface area (Å²) in [7, 11) is 0. The summed E-state index contributed by atoms with van der Waals surface area (Å²) in [6, 6.07) is 7.55. The van der Waals surface area contributed by atoms with Gasteiger partial charge in [0.25, 0.3) is 5.91 Å². The maximum atomic E-state index is 12.8. The Morgan fingerprint density at radius 2 is 1.83 bits per heavy atom. The van der Waals surface area contributed by atoms with Crippen molar-refractivity contribution >= 4 is 28.9 Å². The summed E-state index contributed by atoms with van der Waals surface area (Å²) in [5.41, 5.74) is 3.69. The van der Waals surface area contributed by atoms with Crippen LogP contribution in [0.15, 0.2) is 36.7 Å². The van der Waals surface area contributed by atoms with Crippen molar-refractivity contribution in [3.63, 3.8) is 0 Å². The van der Waals surface area contributed by atoms with Crippen molar-refractivity contribution < 1.29 is 4.79 Å². The van der Waals surface area contributed by atoms with E-state index >= 15 is 0 Å². The first kappa shape index (κ1) is 15.4. The molecule has 1 N–H and O–H groups in total. The van der Waals surface area contributed by atoms with E-state index in [0.29, 0.717) is 11.6 Å². The Labute approximate surface area is 146 Å². The molecule has 124 valence electrons. The summed E-state index contributed by atoms with van der Waals surface area (Å²) in [6.07, 6.45) is 4.45. The Hall–Kier alpha value is -2.11. The van der Waals surface area contributed by atoms with Gasteiger partial charge >= 0.3 is 0 Å². The molecule has 3 heterocycles. The quantitative estimate of drug-likeness (QED) is 0.910. The summed E-state index contributed by atoms with van der Waals surface area (Å²) in [5, 5.41) is 4.03. The molecule has 0 saturated carbocycles. The largest absolute Gasteiger partial charge is 0.368 e. The first-order chi connectivity index (χ1) is 11.7. The molecule has 0 unspecified atom stereocenters. The van der Waals surface area contributed by atoms with Crippen molar-refractivity contribution in [3.05, 3.63) is 52.8 Å². The second-order valence-electron chi connectivity index (χ2n) is 6.15. The number of aromatic nitrogens is 1. The minimum absolute atomic E-state index is 0.0205. The highest BCUT2D eigenvalue weighted by Gasteiger charge is 2.26. The second-order valence-corrected chi connectivity index (χ2v) is 6.58. The number of piperazine rings is 1. The Bertz CT molecular complexity index is 773. The van der Waals surface area contributed by atoms with Gasteiger partial charge in [-0.05, 0) is 36.2 Å². The van der Waals surface area contributed by atoms with Gasteiger partial charge in [0.2, 0.25) is 0 Å². The fourth-order valence-electron chi connectivity index (χ4n) is 3.36. The third-order valence-corrected chi connectivity index (χ3v) is 4.89. The van der Waals surface area contributed by atoms with E-state index in [0.717, 1.165) is 55.1 Å². The van der Waals surface area contributed by atoms with Gasteiger partial charge in [0, 0.05) is 43.3 Å². The third-order valence-electron chi connectivity index (χ3n) is 4.65. The summed E-state index contributed by atoms with van der Waals surface area (Å²) in [6.45, 7) is 4.52. The number of carbonyl (C=O) groups is 1. The van der Waals surface area contributed by atoms with Crippen LogP contribution in [0, 0.1) is 0 Å². The monoisotopic (exact) mass is 342 g/mol. The van der Waals surface area contributed by atoms with E-state index in [4.69, 9.17) is 11.6 Å². The first-order valence-corrected chi connectivity index (χ1v) is 8.61. The molecule has 24 heavy (non-hydrogen) atoms. The zero-order valence-electron chi connectivity index (χ0n) is 13.3. The van der Waals surface area contributed by atoms with Crippen LogP contribution < -0.4 is 15.1 Å². The molecule has 0 bridgehead atoms. The molecule has 2 aliphatic rings. The molecule has 0 radical (unpaired) electrons. The number of fused-ring (bicyclic) bond motifs is 1. The van der Waals surface area contributed by atoms with Gasteiger partial charge in [-0.25, -0.2) is 0 Å². The second kappa shape index (κ2) is 6.42. The van der Waals surface area contributed by atoms with Gasteiger partial charge < -0.3 is 15.1 Å². The smallest absolute Gasteiger partial charge is 0.258 e. The number of nitrogens with zero attached hydrogens (tertiary/aromatic N) is 3. The summed E-state index contributed by atoms with van der Waals surface area (Å²) >= 11 is 6.04. The molecular formula is C18H19ClN4O. The molecule has 0 aliphatic carbocycles. The molecule has 2 aromatic rings. The van der Waals surface area contributed by atoms with Gasteiger partial charge in [-0.2, -0.15) is 0 Å². The SMILES string of the molecule is O=C1c2ccc(Cl)cc2CCN1c1cncc(N2CCNCC2)c1. The molecule has 0 spiro atoms. The molecule has 1 saturated heterocycles. The van der Waals surface area contributed by atoms with Gasteiger partial charge in [-0.1, -0.05) is 11.6 Å². The Morgan fingerprint density at radius 1 is 1.04 bits per heavy atom. The van der Waals surface area contributed by atoms with E-state index < -0.39 is 0 Å². The van der Waals surface area contributed by atoms with Crippen molar-refractivity contribution in [2.75, 3.05) is 42.5 Å². The number of rotatable bonds is 2. The normalized spacial score (nSPS) is 17.8. The minimum atomic E-state index is 0.0205. The zero-order valence-corrected chi connectivity index (χ0v) is 14.1. The molecule has 0 atom stereocenters. The van der Waals surface area contributed by atoms with Crippen LogP contribution in [0.25, 0.3) is 0 Å². The van der Waals surface area contributed by atoms with Crippen LogP contribution in [0.2, 0.25) is 5.02 Å². The molecule has 1 aromatic heterocycles. The molecule has 1 aromatic carbocycles. The number of amides is 1. The number of hydrogen-bond acceptors (Lipinski definition) is 4. The van der Waals surface area contributed by atoms with E-state index in [1.165, 1.54) is 0 Å². The average Bonchev–Trinajstić information content (AvgIpc) is 2.63. The van der Waals surface area contributed by atoms with Gasteiger partial charge in [-0.15, -0.1) is 0 Å². The summed E-state index contributed by atoms with van der Waals surface area (Å²) in [4.78, 5) is 21.3. The maximum absolute atomic E-state index is 12.8. The number of hydrogen-bond donors (Lipinski definition) is 1. The van der Waals surface area contributed by atoms with Crippen LogP contribution in [0.3, 0.4) is 0 Å². The van der Waals surface area contributed by atoms with Crippen LogP contribution in [0.4, 0.5) is 11.4 Å². The molecule has 6 heteroatoms. The number of carbonyl (C=O) groups excluding carboxylic acids is 1. The van der Waals surface area contributed by atoms with E-state index in [1.54, 1.807) is 12.3 Å². The van der Waals surface area contributed by atoms with Crippen LogP contribution in [-0.2, 0) is 6.42 Å². The highest BCUT2D eigenvalue weighted by molar-refractivity contribution is 6.30. The lowest BCUT2D eigenvalue weighted by molar-refractivity contribution is 0.0980. The van der Waals surface area contributed by atoms with Crippen molar-refractivity contribution in [1.29, 1.82) is 0 Å². The lowest BCUT2D eigenvalue weighted by Gasteiger charge is -2.32. The number of nitrogens with one attached hydrogen (secondary N) is 1. The van der Waals surface area contributed by atoms with Crippen molar-refractivity contribution in [2.24, 2.45) is 0 Å². The first-order valence-electron chi connectivity index (χ1n) is 8.23. The fourth-order valence-corrected chi connectivity index (χ4v) is 3.56. The average molecular weight is 343 g/mol. The topological polar surface area (TPSA) is 48.5 Å². The third kappa shape index (κ3) is 2.85. The molecule has 2 aliphatic heterocycles. The zero-order chi connectivity index (χ0) is 16.5. The molecule has 1 fully saturated rings. The number of halogens is 1. The van der Waals surface area contributed by atoms with E-state index in [2.05, 4.69) is 21.3 Å². The molecule has 1 amide bonds. The Balaban J connectivity index is 1.62. The number of anilines is 2. The van der Waals surface area contributed by atoms with Crippen LogP contribution in [-0.4, -0.2) is 43.6 Å². The lowest BCUT2D eigenvalue weighted by Crippen LogP contribution is -2.43. The predicted octanol–water partition coefficient (Wildman–Crippen LogP) is 2.35. The Morgan fingerprint density at radius 3 is 2.67 bits per heavy atom. The summed E-state index contributed by atoms with van der Waals surface area (Å²) in [5.74, 6) is 0.0205. The van der Waals surface area contributed by atoms with Gasteiger partial charge in [0.15, 0.2) is 0 Å². The standard InChI is InChI=1S/C18H19ClN4O/c19-14-1-2-17-13(9-14)3-6-23(18(17)24)16-10-15(11-21-12-16)22-7-4-20-5-8-22/h1-2,9-12,20H,3-8H2. The van der Waals surface area contributed by atoms with E-state index in [9.17, 15) is 4.79 Å². The van der Waals surface area contributed by atoms with Crippen molar-refractivity contribution in [1.82, 2.24) is 10.3 Å². The molecule has 5 nitrogen and oxygen atoms in total. The fraction of sp³-hybridized carbons (Fsp3) is 0.333. The van der Waals surface area contributed by atoms with Crippen LogP contribution >= 0.6 is 11.6 Å². The van der Waals surface area contributed by atoms with Gasteiger partial charge in [0.1, 0.15) is 0 Å². The predicted molar refractivity (Wildman–Crippen MR) is 96.2 cm³/mol. The van der Waals surface area contributed by atoms with Crippen LogP contribution in [0.1, 0.15) is 15.9 Å².